The second-order valence-corrected chi connectivity index (χ2v) is 4.60. The summed E-state index contributed by atoms with van der Waals surface area (Å²) in [6.45, 7) is 2.91. The summed E-state index contributed by atoms with van der Waals surface area (Å²) >= 11 is 0. The molecule has 1 aliphatic heterocycles. The van der Waals surface area contributed by atoms with Crippen LogP contribution in [0.25, 0.3) is 0 Å². The van der Waals surface area contributed by atoms with Gasteiger partial charge in [0, 0.05) is 12.1 Å². The molecule has 0 saturated carbocycles. The second kappa shape index (κ2) is 5.35. The average Bonchev–Trinajstić information content (AvgIpc) is 2.32. The lowest BCUT2D eigenvalue weighted by atomic mass is 9.99. The Kier molecular flexibility index (Phi) is 3.81. The van der Waals surface area contributed by atoms with Crippen LogP contribution in [0.1, 0.15) is 30.1 Å². The maximum Gasteiger partial charge on any atom is 0.258 e. The van der Waals surface area contributed by atoms with Crippen molar-refractivity contribution in [3.63, 3.8) is 0 Å². The van der Waals surface area contributed by atoms with Crippen LogP contribution in [0.4, 0.5) is 4.39 Å². The summed E-state index contributed by atoms with van der Waals surface area (Å²) in [6.07, 6.45) is 1.83. The highest BCUT2D eigenvalue weighted by atomic mass is 19.1. The first-order chi connectivity index (χ1) is 8.59. The molecule has 0 radical (unpaired) electrons. The standard InChI is InChI=1S/C13H17FN2O2/c1-8-10(5-3-7-15-8)16-13(18)12-9(14)4-2-6-11(12)17/h2,4,6,8,10,15,17H,3,5,7H2,1H3,(H,16,18). The number of hydrogen-bond donors (Lipinski definition) is 3. The molecule has 1 aromatic rings. The molecule has 0 aliphatic carbocycles. The molecular formula is C13H17FN2O2. The van der Waals surface area contributed by atoms with Gasteiger partial charge in [0.15, 0.2) is 0 Å². The Labute approximate surface area is 105 Å². The number of amides is 1. The van der Waals surface area contributed by atoms with Crippen LogP contribution in [0.15, 0.2) is 18.2 Å². The Morgan fingerprint density at radius 2 is 2.33 bits per heavy atom. The van der Waals surface area contributed by atoms with Crippen molar-refractivity contribution in [1.82, 2.24) is 10.6 Å². The highest BCUT2D eigenvalue weighted by molar-refractivity contribution is 5.97. The Balaban J connectivity index is 2.12. The molecule has 1 heterocycles. The Bertz CT molecular complexity index is 430. The number of benzene rings is 1. The van der Waals surface area contributed by atoms with Crippen LogP contribution in [0.3, 0.4) is 0 Å². The van der Waals surface area contributed by atoms with Gasteiger partial charge >= 0.3 is 0 Å². The molecule has 0 aromatic heterocycles. The molecule has 1 aliphatic rings. The van der Waals surface area contributed by atoms with Crippen LogP contribution < -0.4 is 10.6 Å². The quantitative estimate of drug-likeness (QED) is 0.745. The molecule has 4 nitrogen and oxygen atoms in total. The molecule has 2 atom stereocenters. The molecule has 1 saturated heterocycles. The number of carbonyl (C=O) groups excluding carboxylic acids is 1. The van der Waals surface area contributed by atoms with E-state index in [1.165, 1.54) is 12.1 Å². The molecule has 1 aromatic carbocycles. The van der Waals surface area contributed by atoms with Crippen molar-refractivity contribution < 1.29 is 14.3 Å². The molecule has 2 unspecified atom stereocenters. The lowest BCUT2D eigenvalue weighted by molar-refractivity contribution is 0.0913. The zero-order valence-corrected chi connectivity index (χ0v) is 10.2. The Hall–Kier alpha value is -1.62. The van der Waals surface area contributed by atoms with Crippen LogP contribution in [-0.2, 0) is 0 Å². The van der Waals surface area contributed by atoms with Gasteiger partial charge in [-0.05, 0) is 38.4 Å². The summed E-state index contributed by atoms with van der Waals surface area (Å²) in [6, 6.07) is 3.95. The summed E-state index contributed by atoms with van der Waals surface area (Å²) in [7, 11) is 0. The first-order valence-corrected chi connectivity index (χ1v) is 6.11. The van der Waals surface area contributed by atoms with Crippen LogP contribution in [-0.4, -0.2) is 29.6 Å². The number of piperidine rings is 1. The third kappa shape index (κ3) is 2.61. The fourth-order valence-electron chi connectivity index (χ4n) is 2.22. The summed E-state index contributed by atoms with van der Waals surface area (Å²) in [4.78, 5) is 12.0. The van der Waals surface area contributed by atoms with Crippen LogP contribution in [0, 0.1) is 5.82 Å². The number of aromatic hydroxyl groups is 1. The van der Waals surface area contributed by atoms with Gasteiger partial charge in [0.2, 0.25) is 0 Å². The van der Waals surface area contributed by atoms with Crippen LogP contribution in [0.5, 0.6) is 5.75 Å². The number of nitrogens with one attached hydrogen (secondary N) is 2. The maximum atomic E-state index is 13.5. The van der Waals surface area contributed by atoms with E-state index in [0.29, 0.717) is 0 Å². The topological polar surface area (TPSA) is 61.4 Å². The van der Waals surface area contributed by atoms with Gasteiger partial charge in [-0.1, -0.05) is 6.07 Å². The number of phenols is 1. The molecule has 18 heavy (non-hydrogen) atoms. The van der Waals surface area contributed by atoms with Gasteiger partial charge in [0.1, 0.15) is 17.1 Å². The molecule has 1 fully saturated rings. The molecular weight excluding hydrogens is 235 g/mol. The number of halogens is 1. The highest BCUT2D eigenvalue weighted by Gasteiger charge is 2.25. The summed E-state index contributed by atoms with van der Waals surface area (Å²) < 4.78 is 13.5. The van der Waals surface area contributed by atoms with E-state index in [0.717, 1.165) is 25.5 Å². The van der Waals surface area contributed by atoms with Gasteiger partial charge < -0.3 is 15.7 Å². The minimum atomic E-state index is -0.705. The third-order valence-corrected chi connectivity index (χ3v) is 3.30. The lowest BCUT2D eigenvalue weighted by Gasteiger charge is -2.30. The largest absolute Gasteiger partial charge is 0.507 e. The molecule has 2 rings (SSSR count). The smallest absolute Gasteiger partial charge is 0.258 e. The first kappa shape index (κ1) is 12.8. The molecule has 98 valence electrons. The van der Waals surface area contributed by atoms with Crippen LogP contribution in [0.2, 0.25) is 0 Å². The first-order valence-electron chi connectivity index (χ1n) is 6.11. The van der Waals surface area contributed by atoms with Crippen LogP contribution >= 0.6 is 0 Å². The van der Waals surface area contributed by atoms with Crippen molar-refractivity contribution in [2.24, 2.45) is 0 Å². The number of hydrogen-bond acceptors (Lipinski definition) is 3. The highest BCUT2D eigenvalue weighted by Crippen LogP contribution is 2.20. The zero-order chi connectivity index (χ0) is 13.1. The van der Waals surface area contributed by atoms with Gasteiger partial charge in [0.25, 0.3) is 5.91 Å². The molecule has 0 bridgehead atoms. The van der Waals surface area contributed by atoms with Crippen molar-refractivity contribution in [1.29, 1.82) is 0 Å². The predicted octanol–water partition coefficient (Wildman–Crippen LogP) is 1.40. The van der Waals surface area contributed by atoms with Gasteiger partial charge in [-0.3, -0.25) is 4.79 Å². The van der Waals surface area contributed by atoms with Crippen molar-refractivity contribution in [3.05, 3.63) is 29.6 Å². The van der Waals surface area contributed by atoms with Gasteiger partial charge in [0.05, 0.1) is 0 Å². The molecule has 5 heteroatoms. The van der Waals surface area contributed by atoms with Gasteiger partial charge in [-0.15, -0.1) is 0 Å². The SMILES string of the molecule is CC1NCCCC1NC(=O)c1c(O)cccc1F. The second-order valence-electron chi connectivity index (χ2n) is 4.60. The summed E-state index contributed by atoms with van der Waals surface area (Å²) in [5.74, 6) is -1.60. The van der Waals surface area contributed by atoms with E-state index in [2.05, 4.69) is 10.6 Å². The molecule has 0 spiro atoms. The minimum Gasteiger partial charge on any atom is -0.507 e. The normalized spacial score (nSPS) is 23.7. The minimum absolute atomic E-state index is 0.0368. The monoisotopic (exact) mass is 252 g/mol. The average molecular weight is 252 g/mol. The van der Waals surface area contributed by atoms with Gasteiger partial charge in [-0.2, -0.15) is 0 Å². The van der Waals surface area contributed by atoms with E-state index in [1.54, 1.807) is 0 Å². The Morgan fingerprint density at radius 1 is 1.56 bits per heavy atom. The zero-order valence-electron chi connectivity index (χ0n) is 10.2. The van der Waals surface area contributed by atoms with E-state index in [4.69, 9.17) is 0 Å². The van der Waals surface area contributed by atoms with Crippen molar-refractivity contribution >= 4 is 5.91 Å². The summed E-state index contributed by atoms with van der Waals surface area (Å²) in [5, 5.41) is 15.6. The number of phenolic OH excluding ortho intramolecular Hbond substituents is 1. The van der Waals surface area contributed by atoms with Crippen molar-refractivity contribution in [3.8, 4) is 5.75 Å². The molecule has 1 amide bonds. The third-order valence-electron chi connectivity index (χ3n) is 3.30. The van der Waals surface area contributed by atoms with E-state index < -0.39 is 11.7 Å². The van der Waals surface area contributed by atoms with Crippen molar-refractivity contribution in [2.75, 3.05) is 6.54 Å². The maximum absolute atomic E-state index is 13.5. The lowest BCUT2D eigenvalue weighted by Crippen LogP contribution is -2.52. The number of rotatable bonds is 2. The fraction of sp³-hybridized carbons (Fsp3) is 0.462. The molecule has 3 N–H and O–H groups in total. The number of carbonyl (C=O) groups is 1. The Morgan fingerprint density at radius 3 is 3.00 bits per heavy atom. The predicted molar refractivity (Wildman–Crippen MR) is 66.0 cm³/mol. The van der Waals surface area contributed by atoms with E-state index in [1.807, 2.05) is 6.92 Å². The summed E-state index contributed by atoms with van der Waals surface area (Å²) in [5.41, 5.74) is -0.282. The van der Waals surface area contributed by atoms with E-state index in [9.17, 15) is 14.3 Å². The van der Waals surface area contributed by atoms with Gasteiger partial charge in [-0.25, -0.2) is 4.39 Å². The van der Waals surface area contributed by atoms with E-state index in [-0.39, 0.29) is 23.4 Å². The van der Waals surface area contributed by atoms with Crippen molar-refractivity contribution in [2.45, 2.75) is 31.8 Å². The fourth-order valence-corrected chi connectivity index (χ4v) is 2.22. The van der Waals surface area contributed by atoms with E-state index >= 15 is 0 Å².